The van der Waals surface area contributed by atoms with E-state index < -0.39 is 0 Å². The Hall–Kier alpha value is -6.92. The number of benzene rings is 7. The van der Waals surface area contributed by atoms with Gasteiger partial charge >= 0.3 is 0 Å². The molecule has 6 nitrogen and oxygen atoms in total. The maximum atomic E-state index is 6.71. The van der Waals surface area contributed by atoms with Gasteiger partial charge in [-0.2, -0.15) is 0 Å². The predicted molar refractivity (Wildman–Crippen MR) is 201 cm³/mol. The highest BCUT2D eigenvalue weighted by molar-refractivity contribution is 6.30. The van der Waals surface area contributed by atoms with Crippen molar-refractivity contribution in [3.63, 3.8) is 0 Å². The third kappa shape index (κ3) is 3.27. The third-order valence-corrected chi connectivity index (χ3v) is 10.3. The van der Waals surface area contributed by atoms with Crippen molar-refractivity contribution in [1.82, 2.24) is 19.1 Å². The van der Waals surface area contributed by atoms with Crippen molar-refractivity contribution < 1.29 is 9.15 Å². The van der Waals surface area contributed by atoms with Gasteiger partial charge in [0, 0.05) is 38.2 Å². The van der Waals surface area contributed by atoms with Crippen LogP contribution in [-0.4, -0.2) is 19.1 Å². The van der Waals surface area contributed by atoms with Gasteiger partial charge in [0.05, 0.1) is 44.0 Å². The van der Waals surface area contributed by atoms with Gasteiger partial charge in [0.2, 0.25) is 5.95 Å². The monoisotopic (exact) mass is 640 g/mol. The molecule has 0 atom stereocenters. The second-order valence-corrected chi connectivity index (χ2v) is 12.9. The smallest absolute Gasteiger partial charge is 0.235 e. The number of hydrogen-bond donors (Lipinski definition) is 0. The fourth-order valence-electron chi connectivity index (χ4n) is 8.27. The van der Waals surface area contributed by atoms with Crippen LogP contribution in [0.5, 0.6) is 11.5 Å². The number of para-hydroxylation sites is 4. The zero-order valence-corrected chi connectivity index (χ0v) is 26.5. The van der Waals surface area contributed by atoms with Gasteiger partial charge in [0.15, 0.2) is 0 Å². The highest BCUT2D eigenvalue weighted by Gasteiger charge is 2.27. The second-order valence-electron chi connectivity index (χ2n) is 12.9. The first-order valence-corrected chi connectivity index (χ1v) is 16.8. The molecule has 0 aliphatic carbocycles. The van der Waals surface area contributed by atoms with Gasteiger partial charge in [-0.15, -0.1) is 0 Å². The maximum Gasteiger partial charge on any atom is 0.235 e. The summed E-state index contributed by atoms with van der Waals surface area (Å²) in [5.74, 6) is 2.15. The van der Waals surface area contributed by atoms with E-state index in [4.69, 9.17) is 19.1 Å². The second kappa shape index (κ2) is 9.36. The Kier molecular flexibility index (Phi) is 4.89. The van der Waals surface area contributed by atoms with Gasteiger partial charge in [0.25, 0.3) is 0 Å². The number of rotatable bonds is 2. The van der Waals surface area contributed by atoms with Crippen molar-refractivity contribution in [3.05, 3.63) is 146 Å². The molecule has 0 N–H and O–H groups in total. The summed E-state index contributed by atoms with van der Waals surface area (Å²) >= 11 is 0. The van der Waals surface area contributed by atoms with E-state index in [1.807, 2.05) is 48.5 Å². The minimum absolute atomic E-state index is 0.598. The Bertz CT molecular complexity index is 3240. The summed E-state index contributed by atoms with van der Waals surface area (Å²) in [4.78, 5) is 10.7. The molecule has 6 heteroatoms. The molecule has 4 aromatic heterocycles. The lowest BCUT2D eigenvalue weighted by molar-refractivity contribution is 0.486. The summed E-state index contributed by atoms with van der Waals surface area (Å²) in [6.07, 6.45) is 0. The molecule has 232 valence electrons. The Balaban J connectivity index is 1.32. The molecule has 1 aliphatic heterocycles. The van der Waals surface area contributed by atoms with Crippen LogP contribution < -0.4 is 4.74 Å². The lowest BCUT2D eigenvalue weighted by Crippen LogP contribution is -2.06. The number of aromatic nitrogens is 4. The minimum Gasteiger partial charge on any atom is -0.456 e. The van der Waals surface area contributed by atoms with Gasteiger partial charge in [-0.25, -0.2) is 9.97 Å². The van der Waals surface area contributed by atoms with Crippen LogP contribution in [0.15, 0.2) is 150 Å². The topological polar surface area (TPSA) is 58.0 Å². The molecule has 0 radical (unpaired) electrons. The van der Waals surface area contributed by atoms with Crippen LogP contribution in [0.3, 0.4) is 0 Å². The van der Waals surface area contributed by atoms with Gasteiger partial charge in [-0.3, -0.25) is 4.57 Å². The van der Waals surface area contributed by atoms with Gasteiger partial charge < -0.3 is 13.7 Å². The van der Waals surface area contributed by atoms with Crippen molar-refractivity contribution in [2.75, 3.05) is 0 Å². The molecule has 11 aromatic rings. The maximum absolute atomic E-state index is 6.71. The summed E-state index contributed by atoms with van der Waals surface area (Å²) in [7, 11) is 0. The molecule has 5 heterocycles. The van der Waals surface area contributed by atoms with Crippen molar-refractivity contribution in [1.29, 1.82) is 0 Å². The molecule has 0 amide bonds. The van der Waals surface area contributed by atoms with Crippen LogP contribution >= 0.6 is 0 Å². The Morgan fingerprint density at radius 3 is 2.12 bits per heavy atom. The summed E-state index contributed by atoms with van der Waals surface area (Å²) < 4.78 is 17.7. The molecule has 0 saturated carbocycles. The van der Waals surface area contributed by atoms with Crippen molar-refractivity contribution in [2.45, 2.75) is 0 Å². The molecule has 0 unspecified atom stereocenters. The fourth-order valence-corrected chi connectivity index (χ4v) is 8.27. The molecule has 7 aromatic carbocycles. The summed E-state index contributed by atoms with van der Waals surface area (Å²) in [5.41, 5.74) is 9.75. The number of furan rings is 1. The quantitative estimate of drug-likeness (QED) is 0.189. The first-order chi connectivity index (χ1) is 24.8. The van der Waals surface area contributed by atoms with Crippen molar-refractivity contribution >= 4 is 76.5 Å². The molecule has 12 rings (SSSR count). The Morgan fingerprint density at radius 2 is 1.20 bits per heavy atom. The van der Waals surface area contributed by atoms with Crippen LogP contribution in [0, 0.1) is 0 Å². The molecule has 0 saturated heterocycles. The SMILES string of the molecule is c1ccc(-n2c3ccccc3c3c2ccc2c4c5oc6ccccc6c5ccc4n(-c4nc5c6c(cccc6n4)Oc4ccccc4-5)c23)cc1. The zero-order valence-electron chi connectivity index (χ0n) is 26.5. The van der Waals surface area contributed by atoms with Crippen molar-refractivity contribution in [3.8, 4) is 34.4 Å². The van der Waals surface area contributed by atoms with Crippen LogP contribution in [0.2, 0.25) is 0 Å². The van der Waals surface area contributed by atoms with E-state index in [1.165, 1.54) is 0 Å². The molecular weight excluding hydrogens is 617 g/mol. The summed E-state index contributed by atoms with van der Waals surface area (Å²) in [6, 6.07) is 50.5. The lowest BCUT2D eigenvalue weighted by atomic mass is 10.0. The fraction of sp³-hybridized carbons (Fsp3) is 0. The predicted octanol–water partition coefficient (Wildman–Crippen LogP) is 11.5. The van der Waals surface area contributed by atoms with E-state index in [9.17, 15) is 0 Å². The van der Waals surface area contributed by atoms with Crippen molar-refractivity contribution in [2.24, 2.45) is 0 Å². The molecule has 50 heavy (non-hydrogen) atoms. The number of fused-ring (bicyclic) bond motifs is 13. The van der Waals surface area contributed by atoms with E-state index in [0.717, 1.165) is 105 Å². The van der Waals surface area contributed by atoms with E-state index in [1.54, 1.807) is 0 Å². The Morgan fingerprint density at radius 1 is 0.460 bits per heavy atom. The number of ether oxygens (including phenoxy) is 1. The van der Waals surface area contributed by atoms with E-state index in [2.05, 4.69) is 106 Å². The Labute approximate surface area is 284 Å². The lowest BCUT2D eigenvalue weighted by Gasteiger charge is -2.21. The van der Waals surface area contributed by atoms with Crippen LogP contribution in [0.25, 0.3) is 99.3 Å². The van der Waals surface area contributed by atoms with Gasteiger partial charge in [-0.1, -0.05) is 72.8 Å². The highest BCUT2D eigenvalue weighted by atomic mass is 16.5. The number of hydrogen-bond acceptors (Lipinski definition) is 4. The largest absolute Gasteiger partial charge is 0.456 e. The highest BCUT2D eigenvalue weighted by Crippen LogP contribution is 2.48. The van der Waals surface area contributed by atoms with Gasteiger partial charge in [-0.05, 0) is 72.8 Å². The summed E-state index contributed by atoms with van der Waals surface area (Å²) in [6.45, 7) is 0. The average molecular weight is 641 g/mol. The molecule has 0 bridgehead atoms. The van der Waals surface area contributed by atoms with Crippen LogP contribution in [0.1, 0.15) is 0 Å². The third-order valence-electron chi connectivity index (χ3n) is 10.3. The molecule has 0 spiro atoms. The average Bonchev–Trinajstić information content (AvgIpc) is 3.83. The number of nitrogens with zero attached hydrogens (tertiary/aromatic N) is 4. The van der Waals surface area contributed by atoms with E-state index in [0.29, 0.717) is 5.95 Å². The molecule has 0 fully saturated rings. The minimum atomic E-state index is 0.598. The summed E-state index contributed by atoms with van der Waals surface area (Å²) in [5, 5.41) is 7.53. The molecule has 1 aliphatic rings. The molecular formula is C44H24N4O2. The van der Waals surface area contributed by atoms with E-state index >= 15 is 0 Å². The van der Waals surface area contributed by atoms with E-state index in [-0.39, 0.29) is 0 Å². The van der Waals surface area contributed by atoms with Gasteiger partial charge in [0.1, 0.15) is 22.7 Å². The van der Waals surface area contributed by atoms with Crippen LogP contribution in [-0.2, 0) is 0 Å². The first kappa shape index (κ1) is 26.1. The standard InChI is InChI=1S/C44H24N4O2/c1-2-11-25(12-3-1)47-32-17-7-4-14-28(32)38-33(47)24-22-30-39-34(23-21-27-26-13-5-8-18-35(26)50-43(27)39)48(42(30)38)44-45-31-16-10-20-37-40(31)41(46-44)29-15-6-9-19-36(29)49-37/h1-24H. The van der Waals surface area contributed by atoms with Crippen LogP contribution in [0.4, 0.5) is 0 Å². The first-order valence-electron chi connectivity index (χ1n) is 16.8. The normalized spacial score (nSPS) is 12.6. The zero-order chi connectivity index (χ0) is 32.5.